The fourth-order valence-electron chi connectivity index (χ4n) is 1.62. The van der Waals surface area contributed by atoms with Gasteiger partial charge in [-0.15, -0.1) is 0 Å². The van der Waals surface area contributed by atoms with Gasteiger partial charge >= 0.3 is 0 Å². The quantitative estimate of drug-likeness (QED) is 0.843. The molecule has 0 spiro atoms. The first-order chi connectivity index (χ1) is 8.31. The maximum Gasteiger partial charge on any atom is 0.226 e. The van der Waals surface area contributed by atoms with Crippen molar-refractivity contribution in [3.63, 3.8) is 0 Å². The molecule has 1 rings (SSSR count). The highest BCUT2D eigenvalue weighted by molar-refractivity contribution is 5.93. The largest absolute Gasteiger partial charge is 0.492 e. The molecule has 0 atom stereocenters. The molecule has 1 aromatic carbocycles. The summed E-state index contributed by atoms with van der Waals surface area (Å²) in [6, 6.07) is 5.69. The first-order valence-electron chi connectivity index (χ1n) is 6.14. The Labute approximate surface area is 109 Å². The molecule has 0 saturated carbocycles. The van der Waals surface area contributed by atoms with Gasteiger partial charge in [-0.3, -0.25) is 4.79 Å². The molecule has 3 N–H and O–H groups in total. The minimum atomic E-state index is -0.513. The van der Waals surface area contributed by atoms with Crippen molar-refractivity contribution in [2.24, 2.45) is 5.73 Å². The predicted octanol–water partition coefficient (Wildman–Crippen LogP) is 2.46. The van der Waals surface area contributed by atoms with Gasteiger partial charge in [0, 0.05) is 12.0 Å². The minimum Gasteiger partial charge on any atom is -0.492 e. The predicted molar refractivity (Wildman–Crippen MR) is 73.9 cm³/mol. The van der Waals surface area contributed by atoms with Crippen molar-refractivity contribution in [1.29, 1.82) is 0 Å². The molecule has 0 aliphatic carbocycles. The molecular weight excluding hydrogens is 228 g/mol. The van der Waals surface area contributed by atoms with E-state index in [0.29, 0.717) is 18.0 Å². The third kappa shape index (κ3) is 4.75. The van der Waals surface area contributed by atoms with E-state index in [-0.39, 0.29) is 12.3 Å². The SMILES string of the molecule is CCOc1cc(C)ccc1NC(=O)CC(C)(C)N. The Hall–Kier alpha value is -1.55. The number of carbonyl (C=O) groups excluding carboxylic acids is 1. The fourth-order valence-corrected chi connectivity index (χ4v) is 1.62. The number of hydrogen-bond donors (Lipinski definition) is 2. The molecule has 0 heterocycles. The molecule has 4 nitrogen and oxygen atoms in total. The molecule has 0 bridgehead atoms. The van der Waals surface area contributed by atoms with Gasteiger partial charge in [-0.25, -0.2) is 0 Å². The smallest absolute Gasteiger partial charge is 0.226 e. The lowest BCUT2D eigenvalue weighted by atomic mass is 10.0. The number of nitrogens with two attached hydrogens (primary N) is 1. The summed E-state index contributed by atoms with van der Waals surface area (Å²) in [4.78, 5) is 11.8. The summed E-state index contributed by atoms with van der Waals surface area (Å²) in [6.45, 7) is 8.11. The maximum atomic E-state index is 11.8. The van der Waals surface area contributed by atoms with E-state index in [1.807, 2.05) is 45.9 Å². The zero-order chi connectivity index (χ0) is 13.8. The average Bonchev–Trinajstić information content (AvgIpc) is 2.20. The van der Waals surface area contributed by atoms with E-state index in [0.717, 1.165) is 5.56 Å². The monoisotopic (exact) mass is 250 g/mol. The molecule has 0 unspecified atom stereocenters. The Balaban J connectivity index is 2.80. The van der Waals surface area contributed by atoms with Crippen molar-refractivity contribution in [1.82, 2.24) is 0 Å². The second-order valence-electron chi connectivity index (χ2n) is 5.15. The van der Waals surface area contributed by atoms with Gasteiger partial charge in [0.2, 0.25) is 5.91 Å². The van der Waals surface area contributed by atoms with Crippen LogP contribution in [0.2, 0.25) is 0 Å². The topological polar surface area (TPSA) is 64.3 Å². The molecule has 0 fully saturated rings. The number of benzene rings is 1. The average molecular weight is 250 g/mol. The van der Waals surface area contributed by atoms with E-state index in [4.69, 9.17) is 10.5 Å². The summed E-state index contributed by atoms with van der Waals surface area (Å²) >= 11 is 0. The van der Waals surface area contributed by atoms with Gasteiger partial charge in [-0.05, 0) is 45.4 Å². The van der Waals surface area contributed by atoms with Gasteiger partial charge in [0.05, 0.1) is 12.3 Å². The van der Waals surface area contributed by atoms with E-state index in [9.17, 15) is 4.79 Å². The summed E-state index contributed by atoms with van der Waals surface area (Å²) < 4.78 is 5.50. The molecule has 0 aromatic heterocycles. The third-order valence-electron chi connectivity index (χ3n) is 2.33. The second kappa shape index (κ2) is 5.87. The zero-order valence-corrected chi connectivity index (χ0v) is 11.5. The molecule has 0 aliphatic heterocycles. The van der Waals surface area contributed by atoms with Crippen LogP contribution in [0.1, 0.15) is 32.8 Å². The van der Waals surface area contributed by atoms with Crippen molar-refractivity contribution in [2.75, 3.05) is 11.9 Å². The standard InChI is InChI=1S/C14H22N2O2/c1-5-18-12-8-10(2)6-7-11(12)16-13(17)9-14(3,4)15/h6-8H,5,9,15H2,1-4H3,(H,16,17). The van der Waals surface area contributed by atoms with Gasteiger partial charge < -0.3 is 15.8 Å². The summed E-state index contributed by atoms with van der Waals surface area (Å²) in [5, 5.41) is 2.84. The highest BCUT2D eigenvalue weighted by Crippen LogP contribution is 2.26. The number of aryl methyl sites for hydroxylation is 1. The molecule has 100 valence electrons. The van der Waals surface area contributed by atoms with Crippen molar-refractivity contribution < 1.29 is 9.53 Å². The first kappa shape index (κ1) is 14.5. The number of carbonyl (C=O) groups is 1. The van der Waals surface area contributed by atoms with Crippen molar-refractivity contribution in [2.45, 2.75) is 39.7 Å². The number of anilines is 1. The van der Waals surface area contributed by atoms with Gasteiger partial charge in [0.15, 0.2) is 0 Å². The van der Waals surface area contributed by atoms with Crippen LogP contribution in [0.3, 0.4) is 0 Å². The number of nitrogens with one attached hydrogen (secondary N) is 1. The maximum absolute atomic E-state index is 11.8. The van der Waals surface area contributed by atoms with Gasteiger partial charge in [-0.2, -0.15) is 0 Å². The van der Waals surface area contributed by atoms with E-state index in [1.54, 1.807) is 0 Å². The summed E-state index contributed by atoms with van der Waals surface area (Å²) in [5.41, 5.74) is 7.09. The van der Waals surface area contributed by atoms with Crippen LogP contribution < -0.4 is 15.8 Å². The van der Waals surface area contributed by atoms with Crippen LogP contribution in [-0.2, 0) is 4.79 Å². The van der Waals surface area contributed by atoms with Gasteiger partial charge in [0.1, 0.15) is 5.75 Å². The Morgan fingerprint density at radius 1 is 1.44 bits per heavy atom. The van der Waals surface area contributed by atoms with Gasteiger partial charge in [0.25, 0.3) is 0 Å². The van der Waals surface area contributed by atoms with E-state index < -0.39 is 5.54 Å². The molecular formula is C14H22N2O2. The van der Waals surface area contributed by atoms with Crippen LogP contribution in [0.5, 0.6) is 5.75 Å². The van der Waals surface area contributed by atoms with Crippen molar-refractivity contribution in [3.8, 4) is 5.75 Å². The normalized spacial score (nSPS) is 11.2. The van der Waals surface area contributed by atoms with Crippen molar-refractivity contribution >= 4 is 11.6 Å². The molecule has 1 aromatic rings. The molecule has 18 heavy (non-hydrogen) atoms. The molecule has 0 radical (unpaired) electrons. The minimum absolute atomic E-state index is 0.104. The molecule has 1 amide bonds. The summed E-state index contributed by atoms with van der Waals surface area (Å²) in [6.07, 6.45) is 0.270. The van der Waals surface area contributed by atoms with Crippen LogP contribution in [0, 0.1) is 6.92 Å². The Bertz CT molecular complexity index is 422. The van der Waals surface area contributed by atoms with Crippen LogP contribution in [0.4, 0.5) is 5.69 Å². The van der Waals surface area contributed by atoms with Crippen LogP contribution in [0.25, 0.3) is 0 Å². The molecule has 0 saturated heterocycles. The van der Waals surface area contributed by atoms with Crippen LogP contribution >= 0.6 is 0 Å². The lowest BCUT2D eigenvalue weighted by Crippen LogP contribution is -2.36. The fraction of sp³-hybridized carbons (Fsp3) is 0.500. The summed E-state index contributed by atoms with van der Waals surface area (Å²) in [5.74, 6) is 0.591. The third-order valence-corrected chi connectivity index (χ3v) is 2.33. The first-order valence-corrected chi connectivity index (χ1v) is 6.14. The number of hydrogen-bond acceptors (Lipinski definition) is 3. The highest BCUT2D eigenvalue weighted by atomic mass is 16.5. The van der Waals surface area contributed by atoms with E-state index in [2.05, 4.69) is 5.32 Å². The molecule has 4 heteroatoms. The summed E-state index contributed by atoms with van der Waals surface area (Å²) in [7, 11) is 0. The Morgan fingerprint density at radius 3 is 2.67 bits per heavy atom. The second-order valence-corrected chi connectivity index (χ2v) is 5.15. The lowest BCUT2D eigenvalue weighted by Gasteiger charge is -2.18. The van der Waals surface area contributed by atoms with Crippen LogP contribution in [0.15, 0.2) is 18.2 Å². The Morgan fingerprint density at radius 2 is 2.11 bits per heavy atom. The van der Waals surface area contributed by atoms with Gasteiger partial charge in [-0.1, -0.05) is 6.07 Å². The van der Waals surface area contributed by atoms with Crippen molar-refractivity contribution in [3.05, 3.63) is 23.8 Å². The zero-order valence-electron chi connectivity index (χ0n) is 11.5. The van der Waals surface area contributed by atoms with E-state index in [1.165, 1.54) is 0 Å². The van der Waals surface area contributed by atoms with E-state index >= 15 is 0 Å². The van der Waals surface area contributed by atoms with Crippen LogP contribution in [-0.4, -0.2) is 18.1 Å². The number of ether oxygens (including phenoxy) is 1. The Kier molecular flexibility index (Phi) is 4.73. The molecule has 0 aliphatic rings. The lowest BCUT2D eigenvalue weighted by molar-refractivity contribution is -0.117. The number of rotatable bonds is 5. The number of amides is 1. The highest BCUT2D eigenvalue weighted by Gasteiger charge is 2.17.